The number of amides is 1. The van der Waals surface area contributed by atoms with Gasteiger partial charge in [0.25, 0.3) is 5.91 Å². The van der Waals surface area contributed by atoms with Gasteiger partial charge in [-0.05, 0) is 47.5 Å². The monoisotopic (exact) mass is 442 g/mol. The summed E-state index contributed by atoms with van der Waals surface area (Å²) in [5, 5.41) is 8.26. The number of ether oxygens (including phenoxy) is 2. The van der Waals surface area contributed by atoms with Crippen LogP contribution in [0.5, 0.6) is 11.5 Å². The van der Waals surface area contributed by atoms with Crippen molar-refractivity contribution in [2.45, 2.75) is 6.54 Å². The van der Waals surface area contributed by atoms with Gasteiger partial charge in [0.1, 0.15) is 0 Å². The number of hydrogen-bond donors (Lipinski definition) is 1. The van der Waals surface area contributed by atoms with E-state index >= 15 is 0 Å². The van der Waals surface area contributed by atoms with Crippen molar-refractivity contribution < 1.29 is 14.3 Å². The Labute approximate surface area is 171 Å². The van der Waals surface area contributed by atoms with Gasteiger partial charge in [-0.2, -0.15) is 10.2 Å². The van der Waals surface area contributed by atoms with E-state index in [1.807, 2.05) is 30.3 Å². The first-order valence-electron chi connectivity index (χ1n) is 8.42. The second-order valence-electron chi connectivity index (χ2n) is 5.84. The highest BCUT2D eigenvalue weighted by atomic mass is 79.9. The number of hydrogen-bond acceptors (Lipinski definition) is 5. The van der Waals surface area contributed by atoms with Crippen molar-refractivity contribution in [1.82, 2.24) is 15.2 Å². The van der Waals surface area contributed by atoms with E-state index in [9.17, 15) is 4.79 Å². The molecule has 0 fully saturated rings. The highest BCUT2D eigenvalue weighted by Gasteiger charge is 2.09. The molecule has 0 saturated carbocycles. The fraction of sp³-hybridized carbons (Fsp3) is 0.150. The van der Waals surface area contributed by atoms with Crippen LogP contribution in [0.4, 0.5) is 0 Å². The fourth-order valence-corrected chi connectivity index (χ4v) is 2.77. The molecule has 144 valence electrons. The topological polar surface area (TPSA) is 77.7 Å². The number of nitrogens with zero attached hydrogens (tertiary/aromatic N) is 3. The summed E-state index contributed by atoms with van der Waals surface area (Å²) in [6, 6.07) is 14.9. The minimum Gasteiger partial charge on any atom is -0.493 e. The second-order valence-corrected chi connectivity index (χ2v) is 6.75. The smallest absolute Gasteiger partial charge is 0.291 e. The largest absolute Gasteiger partial charge is 0.493 e. The van der Waals surface area contributed by atoms with Gasteiger partial charge < -0.3 is 9.47 Å². The molecule has 1 heterocycles. The zero-order chi connectivity index (χ0) is 19.9. The molecule has 0 saturated heterocycles. The zero-order valence-electron chi connectivity index (χ0n) is 15.4. The van der Waals surface area contributed by atoms with Crippen LogP contribution >= 0.6 is 15.9 Å². The number of rotatable bonds is 7. The molecule has 3 aromatic rings. The molecule has 1 N–H and O–H groups in total. The Morgan fingerprint density at radius 3 is 2.61 bits per heavy atom. The van der Waals surface area contributed by atoms with E-state index in [0.717, 1.165) is 15.6 Å². The molecule has 0 atom stereocenters. The molecule has 0 aliphatic rings. The van der Waals surface area contributed by atoms with Crippen LogP contribution in [0.3, 0.4) is 0 Å². The molecule has 2 aromatic carbocycles. The summed E-state index contributed by atoms with van der Waals surface area (Å²) in [6.45, 7) is 0.579. The summed E-state index contributed by atoms with van der Waals surface area (Å²) < 4.78 is 13.2. The maximum atomic E-state index is 12.2. The molecule has 0 radical (unpaired) electrons. The van der Waals surface area contributed by atoms with Gasteiger partial charge >= 0.3 is 0 Å². The molecule has 7 nitrogen and oxygen atoms in total. The Kier molecular flexibility index (Phi) is 6.44. The third-order valence-corrected chi connectivity index (χ3v) is 4.45. The normalized spacial score (nSPS) is 10.8. The van der Waals surface area contributed by atoms with Crippen LogP contribution in [0, 0.1) is 0 Å². The van der Waals surface area contributed by atoms with E-state index in [0.29, 0.717) is 23.7 Å². The van der Waals surface area contributed by atoms with Gasteiger partial charge in [0, 0.05) is 10.7 Å². The van der Waals surface area contributed by atoms with Crippen LogP contribution in [0.1, 0.15) is 21.6 Å². The van der Waals surface area contributed by atoms with E-state index in [1.54, 1.807) is 43.3 Å². The molecule has 1 amide bonds. The van der Waals surface area contributed by atoms with E-state index in [1.165, 1.54) is 6.21 Å². The van der Waals surface area contributed by atoms with Crippen molar-refractivity contribution in [2.75, 3.05) is 14.2 Å². The van der Waals surface area contributed by atoms with Gasteiger partial charge in [-0.15, -0.1) is 0 Å². The lowest BCUT2D eigenvalue weighted by atomic mass is 10.2. The summed E-state index contributed by atoms with van der Waals surface area (Å²) in [4.78, 5) is 12.2. The highest BCUT2D eigenvalue weighted by molar-refractivity contribution is 9.10. The van der Waals surface area contributed by atoms with Gasteiger partial charge in [0.05, 0.1) is 27.0 Å². The molecular formula is C20H19BrN4O3. The second kappa shape index (κ2) is 9.18. The summed E-state index contributed by atoms with van der Waals surface area (Å²) in [5.74, 6) is 0.829. The minimum absolute atomic E-state index is 0.293. The molecule has 1 aromatic heterocycles. The molecule has 28 heavy (non-hydrogen) atoms. The van der Waals surface area contributed by atoms with Crippen LogP contribution in [-0.4, -0.2) is 36.1 Å². The van der Waals surface area contributed by atoms with Gasteiger partial charge in [-0.3, -0.25) is 9.48 Å². The Balaban J connectivity index is 1.60. The standard InChI is InChI=1S/C20H19BrN4O3/c1-27-18-8-5-15(11-19(18)28-2)12-22-23-20(26)17-9-10-25(24-17)13-14-3-6-16(21)7-4-14/h3-12H,13H2,1-2H3,(H,23,26)/b22-12+. The average Bonchev–Trinajstić information content (AvgIpc) is 3.18. The maximum Gasteiger partial charge on any atom is 0.291 e. The van der Waals surface area contributed by atoms with Crippen LogP contribution < -0.4 is 14.9 Å². The molecule has 0 aliphatic carbocycles. The van der Waals surface area contributed by atoms with Crippen molar-refractivity contribution in [3.8, 4) is 11.5 Å². The van der Waals surface area contributed by atoms with Crippen molar-refractivity contribution in [1.29, 1.82) is 0 Å². The van der Waals surface area contributed by atoms with E-state index < -0.39 is 0 Å². The Bertz CT molecular complexity index is 983. The molecule has 0 aliphatic heterocycles. The van der Waals surface area contributed by atoms with Gasteiger partial charge in [0.2, 0.25) is 0 Å². The third kappa shape index (κ3) is 4.98. The molecule has 3 rings (SSSR count). The average molecular weight is 443 g/mol. The van der Waals surface area contributed by atoms with Crippen LogP contribution in [0.2, 0.25) is 0 Å². The van der Waals surface area contributed by atoms with Gasteiger partial charge in [-0.1, -0.05) is 28.1 Å². The van der Waals surface area contributed by atoms with Crippen LogP contribution in [-0.2, 0) is 6.54 Å². The molecule has 0 spiro atoms. The first-order valence-corrected chi connectivity index (χ1v) is 9.21. The third-order valence-electron chi connectivity index (χ3n) is 3.92. The number of methoxy groups -OCH3 is 2. The number of aromatic nitrogens is 2. The number of carbonyl (C=O) groups is 1. The lowest BCUT2D eigenvalue weighted by Gasteiger charge is -2.07. The molecular weight excluding hydrogens is 424 g/mol. The van der Waals surface area contributed by atoms with Crippen molar-refractivity contribution in [2.24, 2.45) is 5.10 Å². The zero-order valence-corrected chi connectivity index (χ0v) is 17.0. The first-order chi connectivity index (χ1) is 13.6. The van der Waals surface area contributed by atoms with Gasteiger partial charge in [-0.25, -0.2) is 5.43 Å². The van der Waals surface area contributed by atoms with E-state index in [-0.39, 0.29) is 5.91 Å². The summed E-state index contributed by atoms with van der Waals surface area (Å²) >= 11 is 3.41. The van der Waals surface area contributed by atoms with Gasteiger partial charge in [0.15, 0.2) is 17.2 Å². The summed E-state index contributed by atoms with van der Waals surface area (Å²) in [6.07, 6.45) is 3.29. The predicted octanol–water partition coefficient (Wildman–Crippen LogP) is 3.48. The summed E-state index contributed by atoms with van der Waals surface area (Å²) in [5.41, 5.74) is 4.62. The van der Waals surface area contributed by atoms with E-state index in [4.69, 9.17) is 9.47 Å². The number of nitrogens with one attached hydrogen (secondary N) is 1. The van der Waals surface area contributed by atoms with Crippen LogP contribution in [0.25, 0.3) is 0 Å². The number of halogens is 1. The Hall–Kier alpha value is -3.13. The SMILES string of the molecule is COc1ccc(/C=N/NC(=O)c2ccn(Cc3ccc(Br)cc3)n2)cc1OC. The van der Waals surface area contributed by atoms with Crippen molar-refractivity contribution >= 4 is 28.1 Å². The lowest BCUT2D eigenvalue weighted by molar-refractivity contribution is 0.0949. The van der Waals surface area contributed by atoms with Crippen LogP contribution in [0.15, 0.2) is 64.3 Å². The Morgan fingerprint density at radius 1 is 1.14 bits per heavy atom. The highest BCUT2D eigenvalue weighted by Crippen LogP contribution is 2.26. The minimum atomic E-state index is -0.383. The van der Waals surface area contributed by atoms with E-state index in [2.05, 4.69) is 31.6 Å². The number of benzene rings is 2. The molecule has 8 heteroatoms. The van der Waals surface area contributed by atoms with Crippen molar-refractivity contribution in [3.63, 3.8) is 0 Å². The predicted molar refractivity (Wildman–Crippen MR) is 110 cm³/mol. The molecule has 0 unspecified atom stereocenters. The first kappa shape index (κ1) is 19.6. The maximum absolute atomic E-state index is 12.2. The number of carbonyl (C=O) groups excluding carboxylic acids is 1. The lowest BCUT2D eigenvalue weighted by Crippen LogP contribution is -2.18. The quantitative estimate of drug-likeness (QED) is 0.448. The summed E-state index contributed by atoms with van der Waals surface area (Å²) in [7, 11) is 3.13. The Morgan fingerprint density at radius 2 is 1.89 bits per heavy atom. The molecule has 0 bridgehead atoms. The number of hydrazone groups is 1. The van der Waals surface area contributed by atoms with Crippen molar-refractivity contribution in [3.05, 3.63) is 76.0 Å². The fourth-order valence-electron chi connectivity index (χ4n) is 2.50.